The van der Waals surface area contributed by atoms with E-state index >= 15 is 0 Å². The number of hydrogen-bond donors (Lipinski definition) is 1. The molecule has 0 atom stereocenters. The first-order valence-electron chi connectivity index (χ1n) is 7.81. The molecule has 2 aromatic rings. The van der Waals surface area contributed by atoms with Crippen molar-refractivity contribution in [2.45, 2.75) is 19.2 Å². The van der Waals surface area contributed by atoms with Gasteiger partial charge in [-0.15, -0.1) is 13.2 Å². The summed E-state index contributed by atoms with van der Waals surface area (Å²) >= 11 is 0. The minimum Gasteiger partial charge on any atom is -0.406 e. The molecule has 1 N–H and O–H groups in total. The van der Waals surface area contributed by atoms with E-state index in [-0.39, 0.29) is 12.4 Å². The van der Waals surface area contributed by atoms with E-state index in [1.807, 2.05) is 18.2 Å². The minimum absolute atomic E-state index is 0.141. The molecular weight excluding hydrogens is 319 g/mol. The first-order valence-corrected chi connectivity index (χ1v) is 7.81. The van der Waals surface area contributed by atoms with Crippen LogP contribution in [0.15, 0.2) is 42.5 Å². The van der Waals surface area contributed by atoms with E-state index in [0.717, 1.165) is 30.8 Å². The zero-order valence-corrected chi connectivity index (χ0v) is 13.0. The molecule has 0 unspecified atom stereocenters. The minimum atomic E-state index is -4.70. The van der Waals surface area contributed by atoms with E-state index in [1.54, 1.807) is 12.1 Å². The predicted molar refractivity (Wildman–Crippen MR) is 86.2 cm³/mol. The smallest absolute Gasteiger partial charge is 0.406 e. The molecule has 3 nitrogen and oxygen atoms in total. The topological polar surface area (TPSA) is 32.7 Å². The van der Waals surface area contributed by atoms with Crippen LogP contribution in [0.3, 0.4) is 0 Å². The lowest BCUT2D eigenvalue weighted by Crippen LogP contribution is -2.22. The van der Waals surface area contributed by atoms with Crippen molar-refractivity contribution >= 4 is 5.69 Å². The largest absolute Gasteiger partial charge is 0.573 e. The highest BCUT2D eigenvalue weighted by Gasteiger charge is 2.31. The summed E-state index contributed by atoms with van der Waals surface area (Å²) in [5.74, 6) is -0.224. The maximum absolute atomic E-state index is 12.4. The Morgan fingerprint density at radius 2 is 1.88 bits per heavy atom. The van der Waals surface area contributed by atoms with Crippen LogP contribution >= 0.6 is 0 Å². The second-order valence-electron chi connectivity index (χ2n) is 5.73. The molecule has 0 amide bonds. The fourth-order valence-electron chi connectivity index (χ4n) is 2.99. The summed E-state index contributed by atoms with van der Waals surface area (Å²) in [4.78, 5) is 2.20. The number of nitrogens with zero attached hydrogens (tertiary/aromatic N) is 1. The van der Waals surface area contributed by atoms with Crippen molar-refractivity contribution < 1.29 is 23.0 Å². The maximum Gasteiger partial charge on any atom is 0.573 e. The van der Waals surface area contributed by atoms with Crippen molar-refractivity contribution in [2.24, 2.45) is 0 Å². The number of halogens is 3. The predicted octanol–water partition coefficient (Wildman–Crippen LogP) is 4.00. The van der Waals surface area contributed by atoms with E-state index in [1.165, 1.54) is 17.7 Å². The molecule has 0 radical (unpaired) electrons. The van der Waals surface area contributed by atoms with Gasteiger partial charge in [-0.3, -0.25) is 0 Å². The summed E-state index contributed by atoms with van der Waals surface area (Å²) in [7, 11) is 0. The summed E-state index contributed by atoms with van der Waals surface area (Å²) in [6.07, 6.45) is -3.06. The number of rotatable bonds is 5. The first kappa shape index (κ1) is 16.6. The summed E-state index contributed by atoms with van der Waals surface area (Å²) in [5.41, 5.74) is 3.83. The third-order valence-corrected chi connectivity index (χ3v) is 4.06. The number of fused-ring (bicyclic) bond motifs is 1. The second-order valence-corrected chi connectivity index (χ2v) is 5.73. The summed E-state index contributed by atoms with van der Waals surface area (Å²) < 4.78 is 41.1. The molecule has 6 heteroatoms. The van der Waals surface area contributed by atoms with Gasteiger partial charge in [-0.05, 0) is 47.7 Å². The molecule has 128 valence electrons. The van der Waals surface area contributed by atoms with Gasteiger partial charge in [0, 0.05) is 25.4 Å². The molecule has 0 saturated heterocycles. The number of aliphatic hydroxyl groups excluding tert-OH is 1. The normalized spacial score (nSPS) is 13.9. The van der Waals surface area contributed by atoms with Crippen LogP contribution in [0, 0.1) is 0 Å². The van der Waals surface area contributed by atoms with Crippen molar-refractivity contribution in [3.05, 3.63) is 48.0 Å². The molecule has 0 bridgehead atoms. The Balaban J connectivity index is 1.87. The Morgan fingerprint density at radius 1 is 1.08 bits per heavy atom. The van der Waals surface area contributed by atoms with Crippen LogP contribution in [0.5, 0.6) is 5.75 Å². The van der Waals surface area contributed by atoms with Gasteiger partial charge in [-0.2, -0.15) is 0 Å². The molecular formula is C18H18F3NO2. The van der Waals surface area contributed by atoms with Crippen LogP contribution in [0.2, 0.25) is 0 Å². The molecule has 0 spiro atoms. The quantitative estimate of drug-likeness (QED) is 0.895. The van der Waals surface area contributed by atoms with E-state index < -0.39 is 6.36 Å². The molecule has 0 aliphatic carbocycles. The van der Waals surface area contributed by atoms with Gasteiger partial charge < -0.3 is 14.7 Å². The van der Waals surface area contributed by atoms with E-state index in [9.17, 15) is 13.2 Å². The number of ether oxygens (including phenoxy) is 1. The number of anilines is 1. The lowest BCUT2D eigenvalue weighted by atomic mass is 10.0. The fourth-order valence-corrected chi connectivity index (χ4v) is 2.99. The number of hydrogen-bond acceptors (Lipinski definition) is 3. The van der Waals surface area contributed by atoms with Gasteiger partial charge in [0.15, 0.2) is 0 Å². The van der Waals surface area contributed by atoms with Gasteiger partial charge >= 0.3 is 6.36 Å². The Labute approximate surface area is 138 Å². The van der Waals surface area contributed by atoms with Crippen molar-refractivity contribution in [2.75, 3.05) is 24.6 Å². The van der Waals surface area contributed by atoms with Gasteiger partial charge in [-0.1, -0.05) is 24.3 Å². The molecule has 0 saturated carbocycles. The SMILES string of the molecule is OCCCN1CCc2ccc(-c3cccc(OC(F)(F)F)c3)cc21. The Morgan fingerprint density at radius 3 is 2.62 bits per heavy atom. The summed E-state index contributed by atoms with van der Waals surface area (Å²) in [6.45, 7) is 1.81. The summed E-state index contributed by atoms with van der Waals surface area (Å²) in [6, 6.07) is 11.9. The summed E-state index contributed by atoms with van der Waals surface area (Å²) in [5, 5.41) is 9.00. The second kappa shape index (κ2) is 6.73. The fraction of sp³-hybridized carbons (Fsp3) is 0.333. The van der Waals surface area contributed by atoms with Crippen LogP contribution in [0.25, 0.3) is 11.1 Å². The maximum atomic E-state index is 12.4. The number of aliphatic hydroxyl groups is 1. The highest BCUT2D eigenvalue weighted by atomic mass is 19.4. The zero-order valence-electron chi connectivity index (χ0n) is 13.0. The van der Waals surface area contributed by atoms with E-state index in [4.69, 9.17) is 5.11 Å². The zero-order chi connectivity index (χ0) is 17.2. The molecule has 1 aliphatic heterocycles. The van der Waals surface area contributed by atoms with Crippen LogP contribution in [0.4, 0.5) is 18.9 Å². The first-order chi connectivity index (χ1) is 11.5. The highest BCUT2D eigenvalue weighted by Crippen LogP contribution is 2.34. The average Bonchev–Trinajstić information content (AvgIpc) is 2.94. The standard InChI is InChI=1S/C18H18F3NO2/c19-18(20,21)24-16-4-1-3-14(11-16)15-6-5-13-7-9-22(8-2-10-23)17(13)12-15/h1,3-6,11-12,23H,2,7-10H2. The Kier molecular flexibility index (Phi) is 4.66. The Bertz CT molecular complexity index is 716. The van der Waals surface area contributed by atoms with Crippen molar-refractivity contribution in [3.8, 4) is 16.9 Å². The Hall–Kier alpha value is -2.21. The van der Waals surface area contributed by atoms with Crippen LogP contribution in [-0.4, -0.2) is 31.2 Å². The van der Waals surface area contributed by atoms with Gasteiger partial charge in [0.25, 0.3) is 0 Å². The van der Waals surface area contributed by atoms with Crippen molar-refractivity contribution in [3.63, 3.8) is 0 Å². The lowest BCUT2D eigenvalue weighted by Gasteiger charge is -2.19. The van der Waals surface area contributed by atoms with Crippen LogP contribution in [0.1, 0.15) is 12.0 Å². The highest BCUT2D eigenvalue weighted by molar-refractivity contribution is 5.73. The van der Waals surface area contributed by atoms with Crippen molar-refractivity contribution in [1.82, 2.24) is 0 Å². The van der Waals surface area contributed by atoms with Gasteiger partial charge in [0.2, 0.25) is 0 Å². The van der Waals surface area contributed by atoms with E-state index in [0.29, 0.717) is 12.0 Å². The molecule has 1 heterocycles. The van der Waals surface area contributed by atoms with E-state index in [2.05, 4.69) is 9.64 Å². The van der Waals surface area contributed by atoms with Gasteiger partial charge in [0.05, 0.1) is 0 Å². The van der Waals surface area contributed by atoms with Crippen LogP contribution in [-0.2, 0) is 6.42 Å². The third kappa shape index (κ3) is 3.82. The molecule has 3 rings (SSSR count). The van der Waals surface area contributed by atoms with Crippen LogP contribution < -0.4 is 9.64 Å². The molecule has 1 aliphatic rings. The van der Waals surface area contributed by atoms with Crippen molar-refractivity contribution in [1.29, 1.82) is 0 Å². The molecule has 24 heavy (non-hydrogen) atoms. The average molecular weight is 337 g/mol. The number of benzene rings is 2. The third-order valence-electron chi connectivity index (χ3n) is 4.06. The molecule has 0 fully saturated rings. The molecule has 2 aromatic carbocycles. The monoisotopic (exact) mass is 337 g/mol. The number of alkyl halides is 3. The molecule has 0 aromatic heterocycles. The van der Waals surface area contributed by atoms with Gasteiger partial charge in [0.1, 0.15) is 5.75 Å². The lowest BCUT2D eigenvalue weighted by molar-refractivity contribution is -0.274. The van der Waals surface area contributed by atoms with Gasteiger partial charge in [-0.25, -0.2) is 0 Å².